The number of benzene rings is 2. The summed E-state index contributed by atoms with van der Waals surface area (Å²) in [6.07, 6.45) is 3.64. The van der Waals surface area contributed by atoms with Crippen LogP contribution in [0.25, 0.3) is 22.0 Å². The monoisotopic (exact) mass is 453 g/mol. The summed E-state index contributed by atoms with van der Waals surface area (Å²) in [4.78, 5) is 30.0. The van der Waals surface area contributed by atoms with Crippen LogP contribution in [0, 0.1) is 0 Å². The van der Waals surface area contributed by atoms with E-state index < -0.39 is 0 Å². The summed E-state index contributed by atoms with van der Waals surface area (Å²) in [7, 11) is 2.15. The van der Waals surface area contributed by atoms with E-state index in [1.165, 1.54) is 6.92 Å². The number of fused-ring (bicyclic) bond motifs is 1. The molecular formula is C26H27N7O. The van der Waals surface area contributed by atoms with Gasteiger partial charge in [-0.1, -0.05) is 30.3 Å². The van der Waals surface area contributed by atoms with E-state index in [4.69, 9.17) is 4.98 Å². The number of hydrogen-bond donors (Lipinski definition) is 2. The van der Waals surface area contributed by atoms with Gasteiger partial charge in [0, 0.05) is 55.9 Å². The Balaban J connectivity index is 1.40. The normalized spacial score (nSPS) is 14.2. The summed E-state index contributed by atoms with van der Waals surface area (Å²) in [6, 6.07) is 17.8. The van der Waals surface area contributed by atoms with Crippen LogP contribution < -0.4 is 15.5 Å². The molecular weight excluding hydrogens is 426 g/mol. The Morgan fingerprint density at radius 2 is 1.74 bits per heavy atom. The lowest BCUT2D eigenvalue weighted by atomic mass is 10.0. The Bertz CT molecular complexity index is 1310. The molecule has 172 valence electrons. The summed E-state index contributed by atoms with van der Waals surface area (Å²) in [5.41, 5.74) is 4.36. The zero-order valence-corrected chi connectivity index (χ0v) is 19.3. The third kappa shape index (κ3) is 4.82. The standard InChI is InChI=1S/C26H27N7O/c1-18(34)29-21-7-3-5-19(15-21)23-8-4-6-20-16-28-26(31-25(20)23)30-22-9-10-24(27-17-22)33-13-11-32(2)12-14-33/h3-10,15-17H,11-14H2,1-2H3,(H,29,34)(H,28,30,31). The summed E-state index contributed by atoms with van der Waals surface area (Å²) >= 11 is 0. The fourth-order valence-electron chi connectivity index (χ4n) is 4.13. The summed E-state index contributed by atoms with van der Waals surface area (Å²) in [5.74, 6) is 1.39. The minimum atomic E-state index is -0.101. The van der Waals surface area contributed by atoms with Crippen molar-refractivity contribution in [2.45, 2.75) is 6.92 Å². The van der Waals surface area contributed by atoms with Crippen LogP contribution in [-0.4, -0.2) is 59.0 Å². The number of nitrogens with one attached hydrogen (secondary N) is 2. The highest BCUT2D eigenvalue weighted by Gasteiger charge is 2.15. The van der Waals surface area contributed by atoms with Crippen molar-refractivity contribution in [1.29, 1.82) is 0 Å². The van der Waals surface area contributed by atoms with Crippen LogP contribution in [0.15, 0.2) is 67.0 Å². The van der Waals surface area contributed by atoms with Crippen molar-refractivity contribution in [3.8, 4) is 11.1 Å². The first-order valence-electron chi connectivity index (χ1n) is 11.4. The number of carbonyl (C=O) groups excluding carboxylic acids is 1. The number of pyridine rings is 1. The molecule has 0 unspecified atom stereocenters. The molecule has 0 saturated carbocycles. The van der Waals surface area contributed by atoms with Gasteiger partial charge in [-0.3, -0.25) is 4.79 Å². The number of likely N-dealkylation sites (N-methyl/N-ethyl adjacent to an activating group) is 1. The van der Waals surface area contributed by atoms with Crippen LogP contribution in [0.3, 0.4) is 0 Å². The Hall–Kier alpha value is -4.04. The fourth-order valence-corrected chi connectivity index (χ4v) is 4.13. The van der Waals surface area contributed by atoms with Crippen LogP contribution >= 0.6 is 0 Å². The molecule has 1 saturated heterocycles. The zero-order chi connectivity index (χ0) is 23.5. The molecule has 3 heterocycles. The minimum Gasteiger partial charge on any atom is -0.354 e. The number of carbonyl (C=O) groups is 1. The van der Waals surface area contributed by atoms with E-state index in [0.717, 1.165) is 65.4 Å². The van der Waals surface area contributed by atoms with Gasteiger partial charge in [0.15, 0.2) is 0 Å². The molecule has 8 nitrogen and oxygen atoms in total. The Labute approximate surface area is 198 Å². The van der Waals surface area contributed by atoms with E-state index in [0.29, 0.717) is 5.95 Å². The predicted molar refractivity (Wildman–Crippen MR) is 137 cm³/mol. The van der Waals surface area contributed by atoms with Gasteiger partial charge in [-0.25, -0.2) is 15.0 Å². The van der Waals surface area contributed by atoms with Gasteiger partial charge in [0.1, 0.15) is 5.82 Å². The van der Waals surface area contributed by atoms with Gasteiger partial charge in [0.25, 0.3) is 0 Å². The molecule has 5 rings (SSSR count). The molecule has 8 heteroatoms. The minimum absolute atomic E-state index is 0.101. The SMILES string of the molecule is CC(=O)Nc1cccc(-c2cccc3cnc(Nc4ccc(N5CCN(C)CC5)nc4)nc23)c1. The number of aromatic nitrogens is 3. The van der Waals surface area contributed by atoms with Crippen molar-refractivity contribution in [3.63, 3.8) is 0 Å². The maximum atomic E-state index is 11.5. The van der Waals surface area contributed by atoms with Gasteiger partial charge >= 0.3 is 0 Å². The average Bonchev–Trinajstić information content (AvgIpc) is 2.84. The van der Waals surface area contributed by atoms with Gasteiger partial charge in [-0.2, -0.15) is 0 Å². The largest absolute Gasteiger partial charge is 0.354 e. The number of nitrogens with zero attached hydrogens (tertiary/aromatic N) is 5. The Kier molecular flexibility index (Phi) is 6.05. The molecule has 1 aliphatic rings. The summed E-state index contributed by atoms with van der Waals surface area (Å²) in [6.45, 7) is 5.56. The van der Waals surface area contributed by atoms with Crippen molar-refractivity contribution in [2.75, 3.05) is 48.8 Å². The Morgan fingerprint density at radius 3 is 2.50 bits per heavy atom. The molecule has 2 aromatic carbocycles. The van der Waals surface area contributed by atoms with Crippen LogP contribution in [0.1, 0.15) is 6.92 Å². The number of rotatable bonds is 5. The van der Waals surface area contributed by atoms with E-state index in [1.807, 2.05) is 67.0 Å². The highest BCUT2D eigenvalue weighted by Crippen LogP contribution is 2.30. The fraction of sp³-hybridized carbons (Fsp3) is 0.231. The van der Waals surface area contributed by atoms with E-state index in [1.54, 1.807) is 0 Å². The molecule has 34 heavy (non-hydrogen) atoms. The third-order valence-electron chi connectivity index (χ3n) is 5.94. The molecule has 0 spiro atoms. The molecule has 1 fully saturated rings. The number of anilines is 4. The lowest BCUT2D eigenvalue weighted by molar-refractivity contribution is -0.114. The second-order valence-corrected chi connectivity index (χ2v) is 8.52. The highest BCUT2D eigenvalue weighted by molar-refractivity contribution is 5.95. The molecule has 0 bridgehead atoms. The van der Waals surface area contributed by atoms with E-state index in [9.17, 15) is 4.79 Å². The number of para-hydroxylation sites is 1. The van der Waals surface area contributed by atoms with Gasteiger partial charge in [0.2, 0.25) is 11.9 Å². The van der Waals surface area contributed by atoms with Crippen LogP contribution in [0.4, 0.5) is 23.1 Å². The zero-order valence-electron chi connectivity index (χ0n) is 19.3. The van der Waals surface area contributed by atoms with E-state index in [2.05, 4.69) is 37.4 Å². The second-order valence-electron chi connectivity index (χ2n) is 8.52. The smallest absolute Gasteiger partial charge is 0.227 e. The molecule has 1 aliphatic heterocycles. The number of amides is 1. The predicted octanol–water partition coefficient (Wildman–Crippen LogP) is 4.15. The first-order chi connectivity index (χ1) is 16.5. The van der Waals surface area contributed by atoms with Crippen molar-refractivity contribution in [2.24, 2.45) is 0 Å². The molecule has 0 aliphatic carbocycles. The van der Waals surface area contributed by atoms with Crippen molar-refractivity contribution in [3.05, 3.63) is 67.0 Å². The lowest BCUT2D eigenvalue weighted by Gasteiger charge is -2.33. The molecule has 0 atom stereocenters. The number of hydrogen-bond acceptors (Lipinski definition) is 7. The third-order valence-corrected chi connectivity index (χ3v) is 5.94. The maximum Gasteiger partial charge on any atom is 0.227 e. The van der Waals surface area contributed by atoms with Gasteiger partial charge in [-0.05, 0) is 36.9 Å². The lowest BCUT2D eigenvalue weighted by Crippen LogP contribution is -2.44. The summed E-state index contributed by atoms with van der Waals surface area (Å²) < 4.78 is 0. The molecule has 2 aromatic heterocycles. The molecule has 0 radical (unpaired) electrons. The van der Waals surface area contributed by atoms with E-state index >= 15 is 0 Å². The quantitative estimate of drug-likeness (QED) is 0.470. The second kappa shape index (κ2) is 9.44. The van der Waals surface area contributed by atoms with Crippen molar-refractivity contribution in [1.82, 2.24) is 19.9 Å². The highest BCUT2D eigenvalue weighted by atomic mass is 16.1. The van der Waals surface area contributed by atoms with Gasteiger partial charge in [-0.15, -0.1) is 0 Å². The number of piperazine rings is 1. The van der Waals surface area contributed by atoms with E-state index in [-0.39, 0.29) is 5.91 Å². The maximum absolute atomic E-state index is 11.5. The first-order valence-corrected chi connectivity index (χ1v) is 11.4. The average molecular weight is 454 g/mol. The van der Waals surface area contributed by atoms with Crippen molar-refractivity contribution < 1.29 is 4.79 Å². The topological polar surface area (TPSA) is 86.3 Å². The van der Waals surface area contributed by atoms with Gasteiger partial charge in [0.05, 0.1) is 17.4 Å². The first kappa shape index (κ1) is 21.8. The molecule has 1 amide bonds. The molecule has 4 aromatic rings. The molecule has 2 N–H and O–H groups in total. The van der Waals surface area contributed by atoms with Crippen LogP contribution in [0.2, 0.25) is 0 Å². The Morgan fingerprint density at radius 1 is 0.912 bits per heavy atom. The summed E-state index contributed by atoms with van der Waals surface area (Å²) in [5, 5.41) is 7.06. The van der Waals surface area contributed by atoms with Crippen LogP contribution in [0.5, 0.6) is 0 Å². The van der Waals surface area contributed by atoms with Gasteiger partial charge < -0.3 is 20.4 Å². The van der Waals surface area contributed by atoms with Crippen LogP contribution in [-0.2, 0) is 4.79 Å². The van der Waals surface area contributed by atoms with Crippen molar-refractivity contribution >= 4 is 40.0 Å².